The lowest BCUT2D eigenvalue weighted by Gasteiger charge is -2.22. The molecule has 7 nitrogen and oxygen atoms in total. The van der Waals surface area contributed by atoms with Gasteiger partial charge in [0.2, 0.25) is 5.91 Å². The van der Waals surface area contributed by atoms with Gasteiger partial charge in [-0.25, -0.2) is 8.42 Å². The van der Waals surface area contributed by atoms with E-state index in [1.165, 1.54) is 0 Å². The molecule has 1 amide bonds. The molecule has 0 aliphatic rings. The largest absolute Gasteiger partial charge is 0.383 e. The Kier molecular flexibility index (Phi) is 7.21. The Morgan fingerprint density at radius 3 is 2.48 bits per heavy atom. The SMILES string of the molecule is CCn1nc(C)c(CN(CCOC)C(=O)CCS(C)(=O)=O)c1C. The van der Waals surface area contributed by atoms with Gasteiger partial charge in [-0.2, -0.15) is 5.10 Å². The van der Waals surface area contributed by atoms with Crippen LogP contribution >= 0.6 is 0 Å². The van der Waals surface area contributed by atoms with E-state index in [2.05, 4.69) is 5.10 Å². The fraction of sp³-hybridized carbons (Fsp3) is 0.733. The second-order valence-electron chi connectivity index (χ2n) is 5.65. The van der Waals surface area contributed by atoms with Crippen molar-refractivity contribution in [2.45, 2.75) is 40.3 Å². The van der Waals surface area contributed by atoms with Crippen LogP contribution in [0.15, 0.2) is 0 Å². The summed E-state index contributed by atoms with van der Waals surface area (Å²) in [5.74, 6) is -0.322. The lowest BCUT2D eigenvalue weighted by molar-refractivity contribution is -0.132. The number of carbonyl (C=O) groups is 1. The van der Waals surface area contributed by atoms with E-state index in [0.717, 1.165) is 29.8 Å². The van der Waals surface area contributed by atoms with Crippen molar-refractivity contribution >= 4 is 15.7 Å². The van der Waals surface area contributed by atoms with Crippen LogP contribution in [0.25, 0.3) is 0 Å². The summed E-state index contributed by atoms with van der Waals surface area (Å²) in [6.45, 7) is 7.94. The lowest BCUT2D eigenvalue weighted by atomic mass is 10.1. The zero-order chi connectivity index (χ0) is 17.6. The smallest absolute Gasteiger partial charge is 0.223 e. The highest BCUT2D eigenvalue weighted by atomic mass is 32.2. The highest BCUT2D eigenvalue weighted by molar-refractivity contribution is 7.90. The first kappa shape index (κ1) is 19.6. The topological polar surface area (TPSA) is 81.5 Å². The van der Waals surface area contributed by atoms with E-state index >= 15 is 0 Å². The number of hydrogen-bond donors (Lipinski definition) is 0. The summed E-state index contributed by atoms with van der Waals surface area (Å²) in [6.07, 6.45) is 1.13. The zero-order valence-corrected chi connectivity index (χ0v) is 15.4. The van der Waals surface area contributed by atoms with E-state index in [4.69, 9.17) is 4.74 Å². The average molecular weight is 345 g/mol. The molecule has 1 rings (SSSR count). The normalized spacial score (nSPS) is 11.7. The molecule has 0 bridgehead atoms. The summed E-state index contributed by atoms with van der Waals surface area (Å²) in [6, 6.07) is 0. The van der Waals surface area contributed by atoms with Crippen LogP contribution in [0.3, 0.4) is 0 Å². The molecule has 0 aliphatic heterocycles. The molecule has 0 fully saturated rings. The van der Waals surface area contributed by atoms with E-state index in [1.807, 2.05) is 25.5 Å². The number of aryl methyl sites for hydroxylation is 2. The molecular formula is C15H27N3O4S. The third-order valence-corrected chi connectivity index (χ3v) is 4.73. The molecule has 0 unspecified atom stereocenters. The summed E-state index contributed by atoms with van der Waals surface area (Å²) in [4.78, 5) is 14.0. The molecule has 1 heterocycles. The van der Waals surface area contributed by atoms with Crippen molar-refractivity contribution in [1.82, 2.24) is 14.7 Å². The van der Waals surface area contributed by atoms with Crippen molar-refractivity contribution in [3.05, 3.63) is 17.0 Å². The van der Waals surface area contributed by atoms with Crippen molar-refractivity contribution < 1.29 is 17.9 Å². The van der Waals surface area contributed by atoms with Crippen molar-refractivity contribution in [3.8, 4) is 0 Å². The fourth-order valence-corrected chi connectivity index (χ4v) is 2.93. The minimum absolute atomic E-state index is 0.0114. The standard InChI is InChI=1S/C15H27N3O4S/c1-6-18-13(3)14(12(2)16-18)11-17(8-9-22-4)15(19)7-10-23(5,20)21/h6-11H2,1-5H3. The molecule has 8 heteroatoms. The van der Waals surface area contributed by atoms with Crippen molar-refractivity contribution in [2.24, 2.45) is 0 Å². The zero-order valence-electron chi connectivity index (χ0n) is 14.6. The van der Waals surface area contributed by atoms with E-state index in [9.17, 15) is 13.2 Å². The number of sulfone groups is 1. The molecular weight excluding hydrogens is 318 g/mol. The van der Waals surface area contributed by atoms with Gasteiger partial charge >= 0.3 is 0 Å². The summed E-state index contributed by atoms with van der Waals surface area (Å²) in [7, 11) is -1.58. The Morgan fingerprint density at radius 1 is 1.35 bits per heavy atom. The van der Waals surface area contributed by atoms with Gasteiger partial charge in [0.15, 0.2) is 0 Å². The molecule has 0 aromatic carbocycles. The van der Waals surface area contributed by atoms with Gasteiger partial charge in [-0.1, -0.05) is 0 Å². The maximum Gasteiger partial charge on any atom is 0.223 e. The predicted octanol–water partition coefficient (Wildman–Crippen LogP) is 0.930. The number of hydrogen-bond acceptors (Lipinski definition) is 5. The Bertz CT molecular complexity index is 637. The molecule has 23 heavy (non-hydrogen) atoms. The summed E-state index contributed by atoms with van der Waals surface area (Å²) < 4.78 is 29.5. The van der Waals surface area contributed by atoms with Gasteiger partial charge in [0.25, 0.3) is 0 Å². The van der Waals surface area contributed by atoms with Crippen molar-refractivity contribution in [3.63, 3.8) is 0 Å². The van der Waals surface area contributed by atoms with Crippen LogP contribution in [0.1, 0.15) is 30.3 Å². The van der Waals surface area contributed by atoms with Crippen LogP contribution in [0.2, 0.25) is 0 Å². The molecule has 1 aromatic heterocycles. The van der Waals surface area contributed by atoms with Crippen LogP contribution in [0, 0.1) is 13.8 Å². The Balaban J connectivity index is 2.90. The van der Waals surface area contributed by atoms with E-state index in [-0.39, 0.29) is 18.1 Å². The van der Waals surface area contributed by atoms with Crippen LogP contribution in [-0.2, 0) is 32.5 Å². The van der Waals surface area contributed by atoms with Gasteiger partial charge in [-0.3, -0.25) is 9.48 Å². The highest BCUT2D eigenvalue weighted by Crippen LogP contribution is 2.16. The van der Waals surface area contributed by atoms with Gasteiger partial charge in [-0.15, -0.1) is 0 Å². The first-order valence-corrected chi connectivity index (χ1v) is 9.73. The third-order valence-electron chi connectivity index (χ3n) is 3.78. The number of methoxy groups -OCH3 is 1. The summed E-state index contributed by atoms with van der Waals surface area (Å²) in [5.41, 5.74) is 2.93. The van der Waals surface area contributed by atoms with Gasteiger partial charge in [0.05, 0.1) is 18.1 Å². The minimum atomic E-state index is -3.16. The van der Waals surface area contributed by atoms with E-state index in [1.54, 1.807) is 12.0 Å². The van der Waals surface area contributed by atoms with Crippen LogP contribution in [-0.4, -0.2) is 61.3 Å². The first-order valence-electron chi connectivity index (χ1n) is 7.67. The number of rotatable bonds is 9. The monoisotopic (exact) mass is 345 g/mol. The van der Waals surface area contributed by atoms with E-state index in [0.29, 0.717) is 19.7 Å². The minimum Gasteiger partial charge on any atom is -0.383 e. The fourth-order valence-electron chi connectivity index (χ4n) is 2.39. The summed E-state index contributed by atoms with van der Waals surface area (Å²) >= 11 is 0. The molecule has 0 radical (unpaired) electrons. The van der Waals surface area contributed by atoms with E-state index < -0.39 is 9.84 Å². The van der Waals surface area contributed by atoms with Gasteiger partial charge in [0.1, 0.15) is 9.84 Å². The highest BCUT2D eigenvalue weighted by Gasteiger charge is 2.20. The van der Waals surface area contributed by atoms with Crippen LogP contribution in [0.5, 0.6) is 0 Å². The van der Waals surface area contributed by atoms with Crippen molar-refractivity contribution in [2.75, 3.05) is 32.3 Å². The van der Waals surface area contributed by atoms with Gasteiger partial charge < -0.3 is 9.64 Å². The first-order chi connectivity index (χ1) is 10.7. The molecule has 1 aromatic rings. The quantitative estimate of drug-likeness (QED) is 0.665. The van der Waals surface area contributed by atoms with Crippen LogP contribution < -0.4 is 0 Å². The van der Waals surface area contributed by atoms with Crippen LogP contribution in [0.4, 0.5) is 0 Å². The second kappa shape index (κ2) is 8.44. The maximum absolute atomic E-state index is 12.4. The maximum atomic E-state index is 12.4. The molecule has 132 valence electrons. The Hall–Kier alpha value is -1.41. The van der Waals surface area contributed by atoms with Crippen molar-refractivity contribution in [1.29, 1.82) is 0 Å². The number of nitrogens with zero attached hydrogens (tertiary/aromatic N) is 3. The Morgan fingerprint density at radius 2 is 2.00 bits per heavy atom. The molecule has 0 saturated carbocycles. The predicted molar refractivity (Wildman–Crippen MR) is 89.0 cm³/mol. The average Bonchev–Trinajstić information content (AvgIpc) is 2.75. The molecule has 0 aliphatic carbocycles. The lowest BCUT2D eigenvalue weighted by Crippen LogP contribution is -2.34. The number of amides is 1. The second-order valence-corrected chi connectivity index (χ2v) is 7.91. The Labute approximate surface area is 138 Å². The molecule has 0 saturated heterocycles. The molecule has 0 spiro atoms. The number of aromatic nitrogens is 2. The number of ether oxygens (including phenoxy) is 1. The third kappa shape index (κ3) is 5.95. The van der Waals surface area contributed by atoms with Gasteiger partial charge in [0, 0.05) is 50.7 Å². The van der Waals surface area contributed by atoms with Gasteiger partial charge in [-0.05, 0) is 20.8 Å². The number of carbonyl (C=O) groups excluding carboxylic acids is 1. The molecule has 0 atom stereocenters. The molecule has 0 N–H and O–H groups in total. The summed E-state index contributed by atoms with van der Waals surface area (Å²) in [5, 5.41) is 4.46.